The van der Waals surface area contributed by atoms with Crippen LogP contribution in [0.1, 0.15) is 19.4 Å². The van der Waals surface area contributed by atoms with Crippen molar-refractivity contribution in [2.75, 3.05) is 44.5 Å². The topological polar surface area (TPSA) is 116 Å². The summed E-state index contributed by atoms with van der Waals surface area (Å²) in [5, 5.41) is 12.2. The summed E-state index contributed by atoms with van der Waals surface area (Å²) >= 11 is 1.29. The number of anilines is 1. The summed E-state index contributed by atoms with van der Waals surface area (Å²) in [6.07, 6.45) is 0. The number of carbonyl (C=O) groups excluding carboxylic acids is 1. The maximum absolute atomic E-state index is 13.2. The summed E-state index contributed by atoms with van der Waals surface area (Å²) < 4.78 is 40.3. The van der Waals surface area contributed by atoms with E-state index >= 15 is 0 Å². The van der Waals surface area contributed by atoms with Gasteiger partial charge in [0.15, 0.2) is 11.0 Å². The van der Waals surface area contributed by atoms with E-state index in [4.69, 9.17) is 9.47 Å². The zero-order valence-electron chi connectivity index (χ0n) is 22.0. The molecular formula is C26H33N5O5S2. The predicted molar refractivity (Wildman–Crippen MR) is 147 cm³/mol. The van der Waals surface area contributed by atoms with Crippen LogP contribution in [-0.2, 0) is 26.1 Å². The maximum Gasteiger partial charge on any atom is 0.243 e. The molecule has 4 rings (SSSR count). The maximum atomic E-state index is 13.2. The van der Waals surface area contributed by atoms with Crippen molar-refractivity contribution < 1.29 is 22.7 Å². The van der Waals surface area contributed by atoms with Crippen LogP contribution >= 0.6 is 11.8 Å². The molecule has 204 valence electrons. The fraction of sp³-hybridized carbons (Fsp3) is 0.423. The summed E-state index contributed by atoms with van der Waals surface area (Å²) in [6, 6.07) is 12.5. The average Bonchev–Trinajstić information content (AvgIpc) is 3.30. The molecule has 0 atom stereocenters. The minimum absolute atomic E-state index is 0.0955. The van der Waals surface area contributed by atoms with Gasteiger partial charge in [0.25, 0.3) is 0 Å². The van der Waals surface area contributed by atoms with E-state index in [9.17, 15) is 13.2 Å². The largest absolute Gasteiger partial charge is 0.497 e. The number of aromatic nitrogens is 3. The van der Waals surface area contributed by atoms with Crippen molar-refractivity contribution in [1.82, 2.24) is 19.1 Å². The van der Waals surface area contributed by atoms with Gasteiger partial charge in [0.2, 0.25) is 15.9 Å². The van der Waals surface area contributed by atoms with E-state index < -0.39 is 10.0 Å². The molecule has 1 amide bonds. The molecule has 1 aromatic heterocycles. The number of hydrogen-bond donors (Lipinski definition) is 1. The van der Waals surface area contributed by atoms with Crippen LogP contribution in [0.25, 0.3) is 11.4 Å². The molecule has 1 N–H and O–H groups in total. The molecular weight excluding hydrogens is 526 g/mol. The Morgan fingerprint density at radius 1 is 1.13 bits per heavy atom. The molecule has 1 aliphatic rings. The zero-order chi connectivity index (χ0) is 27.3. The Labute approximate surface area is 227 Å². The van der Waals surface area contributed by atoms with Crippen LogP contribution in [0.3, 0.4) is 0 Å². The van der Waals surface area contributed by atoms with Gasteiger partial charge in [0, 0.05) is 30.9 Å². The Kier molecular flexibility index (Phi) is 9.08. The molecule has 2 aromatic carbocycles. The SMILES string of the molecule is COc1ccc(-c2nnc(SCC(=O)Nc3ccc(C)c(S(=O)(=O)N4CCOCC4)c3)n2CC(C)C)cc1. The van der Waals surface area contributed by atoms with Gasteiger partial charge in [-0.1, -0.05) is 31.7 Å². The Balaban J connectivity index is 1.47. The first-order valence-electron chi connectivity index (χ1n) is 12.4. The van der Waals surface area contributed by atoms with E-state index in [1.165, 1.54) is 22.1 Å². The fourth-order valence-corrected chi connectivity index (χ4v) is 6.49. The number of amides is 1. The molecule has 0 spiro atoms. The highest BCUT2D eigenvalue weighted by Crippen LogP contribution is 2.28. The van der Waals surface area contributed by atoms with E-state index in [1.807, 2.05) is 28.8 Å². The van der Waals surface area contributed by atoms with Crippen LogP contribution in [0.2, 0.25) is 0 Å². The van der Waals surface area contributed by atoms with Crippen LogP contribution in [0.4, 0.5) is 5.69 Å². The minimum atomic E-state index is -3.68. The van der Waals surface area contributed by atoms with E-state index in [-0.39, 0.29) is 16.6 Å². The van der Waals surface area contributed by atoms with Gasteiger partial charge in [-0.3, -0.25) is 4.79 Å². The first-order valence-corrected chi connectivity index (χ1v) is 14.8. The third-order valence-corrected chi connectivity index (χ3v) is 9.01. The van der Waals surface area contributed by atoms with E-state index in [0.29, 0.717) is 55.2 Å². The van der Waals surface area contributed by atoms with Crippen LogP contribution in [0.5, 0.6) is 5.75 Å². The monoisotopic (exact) mass is 559 g/mol. The van der Waals surface area contributed by atoms with Gasteiger partial charge in [0.05, 0.1) is 31.0 Å². The highest BCUT2D eigenvalue weighted by atomic mass is 32.2. The summed E-state index contributed by atoms with van der Waals surface area (Å²) in [5.41, 5.74) is 1.95. The van der Waals surface area contributed by atoms with Crippen LogP contribution < -0.4 is 10.1 Å². The average molecular weight is 560 g/mol. The molecule has 12 heteroatoms. The summed E-state index contributed by atoms with van der Waals surface area (Å²) in [7, 11) is -2.06. The van der Waals surface area contributed by atoms with Gasteiger partial charge in [-0.15, -0.1) is 10.2 Å². The van der Waals surface area contributed by atoms with Crippen molar-refractivity contribution in [1.29, 1.82) is 0 Å². The van der Waals surface area contributed by atoms with E-state index in [1.54, 1.807) is 26.2 Å². The standard InChI is InChI=1S/C26H33N5O5S2/c1-18(2)16-31-25(20-6-9-22(35-4)10-7-20)28-29-26(31)37-17-24(32)27-21-8-5-19(3)23(15-21)38(33,34)30-11-13-36-14-12-30/h5-10,15,18H,11-14,16-17H2,1-4H3,(H,27,32). The number of ether oxygens (including phenoxy) is 2. The number of morpholine rings is 1. The van der Waals surface area contributed by atoms with Crippen LogP contribution in [-0.4, -0.2) is 72.6 Å². The van der Waals surface area contributed by atoms with Gasteiger partial charge in [0.1, 0.15) is 5.75 Å². The quantitative estimate of drug-likeness (QED) is 0.374. The minimum Gasteiger partial charge on any atom is -0.497 e. The molecule has 10 nitrogen and oxygen atoms in total. The zero-order valence-corrected chi connectivity index (χ0v) is 23.6. The van der Waals surface area contributed by atoms with E-state index in [2.05, 4.69) is 29.4 Å². The highest BCUT2D eigenvalue weighted by Gasteiger charge is 2.28. The molecule has 3 aromatic rings. The van der Waals surface area contributed by atoms with Crippen molar-refractivity contribution in [3.8, 4) is 17.1 Å². The van der Waals surface area contributed by atoms with Crippen molar-refractivity contribution in [3.05, 3.63) is 48.0 Å². The summed E-state index contributed by atoms with van der Waals surface area (Å²) in [5.74, 6) is 1.65. The van der Waals surface area contributed by atoms with Gasteiger partial charge in [-0.25, -0.2) is 8.42 Å². The van der Waals surface area contributed by atoms with Crippen LogP contribution in [0, 0.1) is 12.8 Å². The predicted octanol–water partition coefficient (Wildman–Crippen LogP) is 3.67. The van der Waals surface area contributed by atoms with Gasteiger partial charge in [-0.05, 0) is 54.8 Å². The third-order valence-electron chi connectivity index (χ3n) is 6.00. The molecule has 0 unspecified atom stereocenters. The van der Waals surface area contributed by atoms with Gasteiger partial charge in [-0.2, -0.15) is 4.31 Å². The number of sulfonamides is 1. The lowest BCUT2D eigenvalue weighted by atomic mass is 10.2. The summed E-state index contributed by atoms with van der Waals surface area (Å²) in [4.78, 5) is 13.0. The number of methoxy groups -OCH3 is 1. The Bertz CT molecular complexity index is 1370. The van der Waals surface area contributed by atoms with Crippen LogP contribution in [0.15, 0.2) is 52.5 Å². The normalized spacial score (nSPS) is 14.6. The molecule has 2 heterocycles. The lowest BCUT2D eigenvalue weighted by Crippen LogP contribution is -2.40. The lowest BCUT2D eigenvalue weighted by molar-refractivity contribution is -0.113. The number of nitrogens with one attached hydrogen (secondary N) is 1. The number of rotatable bonds is 10. The molecule has 0 aliphatic carbocycles. The Morgan fingerprint density at radius 3 is 2.50 bits per heavy atom. The first kappa shape index (κ1) is 28.1. The van der Waals surface area contributed by atoms with Crippen molar-refractivity contribution in [3.63, 3.8) is 0 Å². The van der Waals surface area contributed by atoms with Crippen molar-refractivity contribution in [2.24, 2.45) is 5.92 Å². The Hall–Kier alpha value is -2.93. The van der Waals surface area contributed by atoms with E-state index in [0.717, 1.165) is 17.1 Å². The molecule has 0 saturated carbocycles. The fourth-order valence-electron chi connectivity index (χ4n) is 4.09. The molecule has 0 bridgehead atoms. The first-order chi connectivity index (χ1) is 18.2. The third kappa shape index (κ3) is 6.55. The molecule has 1 aliphatic heterocycles. The smallest absolute Gasteiger partial charge is 0.243 e. The number of thioether (sulfide) groups is 1. The number of aryl methyl sites for hydroxylation is 1. The molecule has 1 saturated heterocycles. The lowest BCUT2D eigenvalue weighted by Gasteiger charge is -2.26. The second kappa shape index (κ2) is 12.3. The number of benzene rings is 2. The number of hydrogen-bond acceptors (Lipinski definition) is 8. The Morgan fingerprint density at radius 2 is 1.84 bits per heavy atom. The van der Waals surface area contributed by atoms with Gasteiger partial charge < -0.3 is 19.4 Å². The number of nitrogens with zero attached hydrogens (tertiary/aromatic N) is 4. The summed E-state index contributed by atoms with van der Waals surface area (Å²) in [6.45, 7) is 8.02. The second-order valence-corrected chi connectivity index (χ2v) is 12.2. The number of carbonyl (C=O) groups is 1. The van der Waals surface area contributed by atoms with Crippen molar-refractivity contribution >= 4 is 33.4 Å². The highest BCUT2D eigenvalue weighted by molar-refractivity contribution is 7.99. The molecule has 0 radical (unpaired) electrons. The van der Waals surface area contributed by atoms with Crippen molar-refractivity contribution in [2.45, 2.75) is 37.4 Å². The molecule has 1 fully saturated rings. The molecule has 38 heavy (non-hydrogen) atoms. The van der Waals surface area contributed by atoms with Gasteiger partial charge >= 0.3 is 0 Å². The second-order valence-electron chi connectivity index (χ2n) is 9.37.